The molecule has 34 heavy (non-hydrogen) atoms. The van der Waals surface area contributed by atoms with E-state index in [1.54, 1.807) is 0 Å². The molecule has 172 valence electrons. The van der Waals surface area contributed by atoms with E-state index in [2.05, 4.69) is 99.8 Å². The number of nitrogens with zero attached hydrogens (tertiary/aromatic N) is 4. The van der Waals surface area contributed by atoms with Crippen LogP contribution in [0.4, 0.5) is 5.69 Å². The van der Waals surface area contributed by atoms with Crippen LogP contribution in [-0.2, 0) is 0 Å². The van der Waals surface area contributed by atoms with Crippen molar-refractivity contribution in [2.75, 3.05) is 4.90 Å². The van der Waals surface area contributed by atoms with E-state index in [1.165, 1.54) is 5.56 Å². The molecular weight excluding hydrogens is 506 g/mol. The Hall–Kier alpha value is -3.03. The van der Waals surface area contributed by atoms with Gasteiger partial charge in [0.1, 0.15) is 5.82 Å². The fraction of sp³-hybridized carbons (Fsp3) is 0.222. The molecule has 1 aliphatic rings. The minimum Gasteiger partial charge on any atom is -0.351 e. The smallest absolute Gasteiger partial charge is 0.174 e. The lowest BCUT2D eigenvalue weighted by Crippen LogP contribution is -2.29. The lowest BCUT2D eigenvalue weighted by atomic mass is 9.96. The number of halogens is 1. The molecule has 0 spiro atoms. The molecule has 1 N–H and O–H groups in total. The minimum absolute atomic E-state index is 0.0630. The molecule has 1 aliphatic heterocycles. The van der Waals surface area contributed by atoms with Gasteiger partial charge < -0.3 is 14.8 Å². The van der Waals surface area contributed by atoms with Gasteiger partial charge in [0.2, 0.25) is 0 Å². The van der Waals surface area contributed by atoms with Gasteiger partial charge in [-0.3, -0.25) is 4.98 Å². The maximum Gasteiger partial charge on any atom is 0.174 e. The quantitative estimate of drug-likeness (QED) is 0.307. The lowest BCUT2D eigenvalue weighted by molar-refractivity contribution is 0.565. The van der Waals surface area contributed by atoms with Crippen molar-refractivity contribution in [3.63, 3.8) is 0 Å². The van der Waals surface area contributed by atoms with Gasteiger partial charge in [0.05, 0.1) is 17.8 Å². The number of benzene rings is 1. The summed E-state index contributed by atoms with van der Waals surface area (Å²) in [4.78, 5) is 11.6. The molecular formula is C27H26BrN5S. The van der Waals surface area contributed by atoms with Crippen molar-refractivity contribution in [1.82, 2.24) is 19.9 Å². The normalized spacial score (nSPS) is 17.8. The second-order valence-electron chi connectivity index (χ2n) is 8.74. The Morgan fingerprint density at radius 3 is 2.41 bits per heavy atom. The molecule has 0 radical (unpaired) electrons. The first-order valence-corrected chi connectivity index (χ1v) is 12.4. The summed E-state index contributed by atoms with van der Waals surface area (Å²) >= 11 is 9.54. The van der Waals surface area contributed by atoms with Gasteiger partial charge in [0.15, 0.2) is 5.11 Å². The standard InChI is InChI=1S/C27H26BrN5S/c1-16-8-7-13-30-26(16)32-18(3)15-21(19(32)4)25-24(23-9-5-6-12-29-23)31-27(34)33(25)20-10-11-22(28)17(2)14-20/h5-15,24-25H,1-4H3,(H,31,34)/t24-,25+/m1/s1. The molecule has 3 aromatic heterocycles. The number of aryl methyl sites for hydroxylation is 3. The third-order valence-electron chi connectivity index (χ3n) is 6.50. The average Bonchev–Trinajstić information content (AvgIpc) is 3.32. The molecule has 0 bridgehead atoms. The van der Waals surface area contributed by atoms with Crippen molar-refractivity contribution in [2.24, 2.45) is 0 Å². The first-order chi connectivity index (χ1) is 16.4. The molecule has 7 heteroatoms. The number of thiocarbonyl (C=S) groups is 1. The highest BCUT2D eigenvalue weighted by molar-refractivity contribution is 9.10. The number of hydrogen-bond donors (Lipinski definition) is 1. The van der Waals surface area contributed by atoms with Gasteiger partial charge in [0, 0.05) is 33.9 Å². The Bertz CT molecular complexity index is 1380. The molecule has 5 nitrogen and oxygen atoms in total. The second kappa shape index (κ2) is 8.96. The molecule has 0 aliphatic carbocycles. The molecule has 1 saturated heterocycles. The summed E-state index contributed by atoms with van der Waals surface area (Å²) in [6.07, 6.45) is 3.69. The monoisotopic (exact) mass is 531 g/mol. The Morgan fingerprint density at radius 1 is 0.912 bits per heavy atom. The summed E-state index contributed by atoms with van der Waals surface area (Å²) in [6.45, 7) is 8.50. The van der Waals surface area contributed by atoms with Crippen molar-refractivity contribution in [3.8, 4) is 5.82 Å². The van der Waals surface area contributed by atoms with Gasteiger partial charge in [0.25, 0.3) is 0 Å². The molecule has 1 aromatic carbocycles. The third-order valence-corrected chi connectivity index (χ3v) is 7.70. The molecule has 1 fully saturated rings. The fourth-order valence-electron chi connectivity index (χ4n) is 4.85. The Morgan fingerprint density at radius 2 is 1.71 bits per heavy atom. The average molecular weight is 533 g/mol. The highest BCUT2D eigenvalue weighted by Gasteiger charge is 2.42. The molecule has 0 amide bonds. The van der Waals surface area contributed by atoms with Crippen LogP contribution in [0, 0.1) is 27.7 Å². The molecule has 2 atom stereocenters. The summed E-state index contributed by atoms with van der Waals surface area (Å²) in [5, 5.41) is 4.26. The third kappa shape index (κ3) is 3.83. The van der Waals surface area contributed by atoms with E-state index in [9.17, 15) is 0 Å². The van der Waals surface area contributed by atoms with E-state index in [-0.39, 0.29) is 12.1 Å². The molecule has 0 unspecified atom stereocenters. The van der Waals surface area contributed by atoms with E-state index < -0.39 is 0 Å². The zero-order valence-electron chi connectivity index (χ0n) is 19.6. The van der Waals surface area contributed by atoms with Crippen molar-refractivity contribution in [3.05, 3.63) is 105 Å². The largest absolute Gasteiger partial charge is 0.351 e. The number of hydrogen-bond acceptors (Lipinski definition) is 3. The first kappa shape index (κ1) is 22.7. The SMILES string of the molecule is Cc1cc(N2C(=S)N[C@H](c3ccccn3)[C@@H]2c2cc(C)n(-c3ncccc3C)c2C)ccc1Br. The fourth-order valence-corrected chi connectivity index (χ4v) is 5.44. The van der Waals surface area contributed by atoms with Gasteiger partial charge in [-0.2, -0.15) is 0 Å². The highest BCUT2D eigenvalue weighted by Crippen LogP contribution is 2.44. The second-order valence-corrected chi connectivity index (χ2v) is 9.98. The molecule has 0 saturated carbocycles. The molecule has 4 heterocycles. The predicted octanol–water partition coefficient (Wildman–Crippen LogP) is 6.44. The number of rotatable bonds is 4. The van der Waals surface area contributed by atoms with Crippen molar-refractivity contribution >= 4 is 38.9 Å². The van der Waals surface area contributed by atoms with Crippen LogP contribution in [-0.4, -0.2) is 19.6 Å². The van der Waals surface area contributed by atoms with Crippen molar-refractivity contribution < 1.29 is 0 Å². The summed E-state index contributed by atoms with van der Waals surface area (Å²) in [6, 6.07) is 18.6. The lowest BCUT2D eigenvalue weighted by Gasteiger charge is -2.28. The van der Waals surface area contributed by atoms with Gasteiger partial charge in [-0.25, -0.2) is 4.98 Å². The van der Waals surface area contributed by atoms with Gasteiger partial charge in [-0.05, 0) is 99.1 Å². The van der Waals surface area contributed by atoms with Crippen LogP contribution in [0.25, 0.3) is 5.82 Å². The maximum atomic E-state index is 5.91. The van der Waals surface area contributed by atoms with Crippen molar-refractivity contribution in [2.45, 2.75) is 39.8 Å². The van der Waals surface area contributed by atoms with Crippen LogP contribution in [0.2, 0.25) is 0 Å². The van der Waals surface area contributed by atoms with Gasteiger partial charge >= 0.3 is 0 Å². The van der Waals surface area contributed by atoms with E-state index in [0.29, 0.717) is 5.11 Å². The van der Waals surface area contributed by atoms with E-state index in [1.807, 2.05) is 30.6 Å². The Labute approximate surface area is 214 Å². The molecule has 5 rings (SSSR count). The number of pyridine rings is 2. The minimum atomic E-state index is -0.0866. The van der Waals surface area contributed by atoms with Crippen LogP contribution < -0.4 is 10.2 Å². The molecule has 4 aromatic rings. The van der Waals surface area contributed by atoms with Crippen LogP contribution >= 0.6 is 28.1 Å². The van der Waals surface area contributed by atoms with Crippen LogP contribution in [0.5, 0.6) is 0 Å². The Kier molecular flexibility index (Phi) is 6.00. The van der Waals surface area contributed by atoms with Gasteiger partial charge in [-0.1, -0.05) is 28.1 Å². The zero-order chi connectivity index (χ0) is 24.0. The zero-order valence-corrected chi connectivity index (χ0v) is 22.0. The first-order valence-electron chi connectivity index (χ1n) is 11.2. The maximum absolute atomic E-state index is 5.91. The topological polar surface area (TPSA) is 46.0 Å². The van der Waals surface area contributed by atoms with E-state index >= 15 is 0 Å². The highest BCUT2D eigenvalue weighted by atomic mass is 79.9. The van der Waals surface area contributed by atoms with Gasteiger partial charge in [-0.15, -0.1) is 0 Å². The summed E-state index contributed by atoms with van der Waals surface area (Å²) in [7, 11) is 0. The van der Waals surface area contributed by atoms with Crippen LogP contribution in [0.1, 0.15) is 45.9 Å². The van der Waals surface area contributed by atoms with Crippen LogP contribution in [0.3, 0.4) is 0 Å². The predicted molar refractivity (Wildman–Crippen MR) is 145 cm³/mol. The van der Waals surface area contributed by atoms with Crippen molar-refractivity contribution in [1.29, 1.82) is 0 Å². The summed E-state index contributed by atoms with van der Waals surface area (Å²) < 4.78 is 3.32. The summed E-state index contributed by atoms with van der Waals surface area (Å²) in [5.74, 6) is 0.956. The number of nitrogens with one attached hydrogen (secondary N) is 1. The summed E-state index contributed by atoms with van der Waals surface area (Å²) in [5.41, 5.74) is 7.80. The number of anilines is 1. The Balaban J connectivity index is 1.70. The van der Waals surface area contributed by atoms with E-state index in [0.717, 1.165) is 44.2 Å². The number of aromatic nitrogens is 3. The van der Waals surface area contributed by atoms with E-state index in [4.69, 9.17) is 17.2 Å². The van der Waals surface area contributed by atoms with Crippen LogP contribution in [0.15, 0.2) is 71.5 Å².